The van der Waals surface area contributed by atoms with Crippen molar-refractivity contribution in [1.29, 1.82) is 0 Å². The summed E-state index contributed by atoms with van der Waals surface area (Å²) in [4.78, 5) is 44.4. The molecule has 0 bridgehead atoms. The molecule has 0 aromatic heterocycles. The van der Waals surface area contributed by atoms with Gasteiger partial charge in [0.2, 0.25) is 0 Å². The van der Waals surface area contributed by atoms with Crippen LogP contribution in [0.5, 0.6) is 0 Å². The lowest BCUT2D eigenvalue weighted by Crippen LogP contribution is -2.30. The fourth-order valence-electron chi connectivity index (χ4n) is 2.05. The van der Waals surface area contributed by atoms with E-state index in [0.717, 1.165) is 4.47 Å². The summed E-state index contributed by atoms with van der Waals surface area (Å²) < 4.78 is 6.13. The highest BCUT2D eigenvalue weighted by atomic mass is 79.9. The van der Waals surface area contributed by atoms with Crippen molar-refractivity contribution in [2.75, 3.05) is 19.7 Å². The number of hydrogen-bond donors (Lipinski definition) is 3. The van der Waals surface area contributed by atoms with E-state index in [9.17, 15) is 19.2 Å². The molecule has 12 heteroatoms. The second-order valence-corrected chi connectivity index (χ2v) is 8.46. The molecule has 2 rings (SSSR count). The third-order valence-corrected chi connectivity index (χ3v) is 5.09. The number of carboxylic acid groups (broad SMARTS) is 1. The van der Waals surface area contributed by atoms with Gasteiger partial charge in [-0.15, -0.1) is 0 Å². The molecule has 0 heterocycles. The van der Waals surface area contributed by atoms with Gasteiger partial charge in [-0.3, -0.25) is 19.2 Å². The zero-order valence-corrected chi connectivity index (χ0v) is 21.3. The summed E-state index contributed by atoms with van der Waals surface area (Å²) in [5.74, 6) is -2.51. The van der Waals surface area contributed by atoms with Gasteiger partial charge in [-0.05, 0) is 43.3 Å². The van der Waals surface area contributed by atoms with Crippen LogP contribution in [0.2, 0.25) is 10.0 Å². The number of esters is 1. The molecular formula is C20H18Br2Cl2N2O6. The maximum Gasteiger partial charge on any atom is 0.325 e. The second-order valence-electron chi connectivity index (χ2n) is 5.81. The van der Waals surface area contributed by atoms with Crippen LogP contribution < -0.4 is 10.6 Å². The summed E-state index contributed by atoms with van der Waals surface area (Å²) in [7, 11) is 0. The van der Waals surface area contributed by atoms with E-state index in [1.807, 2.05) is 0 Å². The fraction of sp³-hybridized carbons (Fsp3) is 0.200. The molecule has 0 aliphatic heterocycles. The van der Waals surface area contributed by atoms with E-state index in [0.29, 0.717) is 15.1 Å². The minimum absolute atomic E-state index is 0.171. The first-order valence-corrected chi connectivity index (χ1v) is 11.2. The summed E-state index contributed by atoms with van der Waals surface area (Å²) >= 11 is 18.1. The van der Waals surface area contributed by atoms with Crippen LogP contribution in [0.3, 0.4) is 0 Å². The number of ether oxygens (including phenoxy) is 1. The van der Waals surface area contributed by atoms with E-state index < -0.39 is 30.3 Å². The molecule has 2 aromatic rings. The molecule has 0 aliphatic rings. The van der Waals surface area contributed by atoms with Gasteiger partial charge in [0.1, 0.15) is 13.1 Å². The van der Waals surface area contributed by atoms with Crippen LogP contribution in [0.1, 0.15) is 27.6 Å². The predicted molar refractivity (Wildman–Crippen MR) is 127 cm³/mol. The zero-order valence-electron chi connectivity index (χ0n) is 16.6. The van der Waals surface area contributed by atoms with Crippen molar-refractivity contribution in [2.24, 2.45) is 0 Å². The van der Waals surface area contributed by atoms with Gasteiger partial charge in [0.25, 0.3) is 11.8 Å². The van der Waals surface area contributed by atoms with Gasteiger partial charge in [0.05, 0.1) is 27.8 Å². The average molecular weight is 613 g/mol. The zero-order chi connectivity index (χ0) is 24.3. The number of carboxylic acids is 1. The predicted octanol–water partition coefficient (Wildman–Crippen LogP) is 4.31. The minimum Gasteiger partial charge on any atom is -0.480 e. The molecule has 32 heavy (non-hydrogen) atoms. The molecule has 3 N–H and O–H groups in total. The standard InChI is InChI=1S/C11H11BrClNO3.C9H7BrClNO3/c1-2-17-10(15)6-14-11(16)8-5-7(12)3-4-9(8)13;10-5-1-2-7(11)6(3-5)9(15)12-4-8(13)14/h3-5H,2,6H2,1H3,(H,14,16);1-3H,4H2,(H,12,15)(H,13,14). The summed E-state index contributed by atoms with van der Waals surface area (Å²) in [5.41, 5.74) is 0.553. The Morgan fingerprint density at radius 2 is 1.31 bits per heavy atom. The van der Waals surface area contributed by atoms with Gasteiger partial charge in [-0.1, -0.05) is 55.1 Å². The van der Waals surface area contributed by atoms with Crippen LogP contribution in [0, 0.1) is 0 Å². The Kier molecular flexibility index (Phi) is 12.3. The normalized spacial score (nSPS) is 9.78. The number of carbonyl (C=O) groups is 4. The van der Waals surface area contributed by atoms with Crippen LogP contribution in [-0.4, -0.2) is 48.6 Å². The molecule has 2 aromatic carbocycles. The Hall–Kier alpha value is -2.14. The number of carbonyl (C=O) groups excluding carboxylic acids is 3. The second kappa shape index (κ2) is 14.1. The third kappa shape index (κ3) is 9.99. The lowest BCUT2D eigenvalue weighted by Gasteiger charge is -2.06. The molecule has 0 aliphatic carbocycles. The van der Waals surface area contributed by atoms with Crippen molar-refractivity contribution >= 4 is 78.8 Å². The lowest BCUT2D eigenvalue weighted by atomic mass is 10.2. The quantitative estimate of drug-likeness (QED) is 0.401. The molecule has 0 saturated carbocycles. The molecule has 2 amide bonds. The number of nitrogens with one attached hydrogen (secondary N) is 2. The van der Waals surface area contributed by atoms with E-state index in [1.165, 1.54) is 6.07 Å². The number of rotatable bonds is 7. The molecule has 172 valence electrons. The highest BCUT2D eigenvalue weighted by Crippen LogP contribution is 2.21. The maximum absolute atomic E-state index is 11.7. The first-order chi connectivity index (χ1) is 15.0. The summed E-state index contributed by atoms with van der Waals surface area (Å²) in [6.45, 7) is 1.38. The molecular weight excluding hydrogens is 595 g/mol. The van der Waals surface area contributed by atoms with Crippen molar-refractivity contribution in [3.63, 3.8) is 0 Å². The molecule has 0 saturated heterocycles. The van der Waals surface area contributed by atoms with E-state index in [2.05, 4.69) is 47.2 Å². The smallest absolute Gasteiger partial charge is 0.325 e. The van der Waals surface area contributed by atoms with Crippen LogP contribution >= 0.6 is 55.1 Å². The van der Waals surface area contributed by atoms with Gasteiger partial charge in [-0.2, -0.15) is 0 Å². The lowest BCUT2D eigenvalue weighted by molar-refractivity contribution is -0.141. The first-order valence-electron chi connectivity index (χ1n) is 8.89. The topological polar surface area (TPSA) is 122 Å². The molecule has 8 nitrogen and oxygen atoms in total. The fourth-order valence-corrected chi connectivity index (χ4v) is 3.18. The highest BCUT2D eigenvalue weighted by Gasteiger charge is 2.13. The van der Waals surface area contributed by atoms with E-state index in [4.69, 9.17) is 28.3 Å². The van der Waals surface area contributed by atoms with Crippen LogP contribution in [0.25, 0.3) is 0 Å². The third-order valence-electron chi connectivity index (χ3n) is 3.44. The van der Waals surface area contributed by atoms with Crippen molar-refractivity contribution in [2.45, 2.75) is 6.92 Å². The van der Waals surface area contributed by atoms with Gasteiger partial charge < -0.3 is 20.5 Å². The minimum atomic E-state index is -1.10. The maximum atomic E-state index is 11.7. The largest absolute Gasteiger partial charge is 0.480 e. The van der Waals surface area contributed by atoms with Crippen molar-refractivity contribution in [3.8, 4) is 0 Å². The molecule has 0 atom stereocenters. The number of amides is 2. The molecule has 0 fully saturated rings. The SMILES string of the molecule is CCOC(=O)CNC(=O)c1cc(Br)ccc1Cl.O=C(O)CNC(=O)c1cc(Br)ccc1Cl. The number of hydrogen-bond acceptors (Lipinski definition) is 5. The van der Waals surface area contributed by atoms with Gasteiger partial charge >= 0.3 is 11.9 Å². The van der Waals surface area contributed by atoms with Gasteiger partial charge in [-0.25, -0.2) is 0 Å². The van der Waals surface area contributed by atoms with Gasteiger partial charge in [0, 0.05) is 8.95 Å². The van der Waals surface area contributed by atoms with Crippen molar-refractivity contribution in [1.82, 2.24) is 10.6 Å². The van der Waals surface area contributed by atoms with Crippen molar-refractivity contribution in [3.05, 3.63) is 66.5 Å². The van der Waals surface area contributed by atoms with Crippen LogP contribution in [-0.2, 0) is 14.3 Å². The van der Waals surface area contributed by atoms with Crippen LogP contribution in [0.4, 0.5) is 0 Å². The van der Waals surface area contributed by atoms with E-state index >= 15 is 0 Å². The number of aliphatic carboxylic acids is 1. The summed E-state index contributed by atoms with van der Waals surface area (Å²) in [6, 6.07) is 9.69. The Labute approximate surface area is 210 Å². The average Bonchev–Trinajstić information content (AvgIpc) is 2.74. The first kappa shape index (κ1) is 27.9. The van der Waals surface area contributed by atoms with Gasteiger partial charge in [0.15, 0.2) is 0 Å². The Morgan fingerprint density at radius 3 is 1.72 bits per heavy atom. The van der Waals surface area contributed by atoms with E-state index in [1.54, 1.807) is 37.3 Å². The summed E-state index contributed by atoms with van der Waals surface area (Å²) in [5, 5.41) is 13.6. The van der Waals surface area contributed by atoms with Crippen LogP contribution in [0.15, 0.2) is 45.3 Å². The Morgan fingerprint density at radius 1 is 0.875 bits per heavy atom. The summed E-state index contributed by atoms with van der Waals surface area (Å²) in [6.07, 6.45) is 0. The van der Waals surface area contributed by atoms with Crippen molar-refractivity contribution < 1.29 is 29.0 Å². The molecule has 0 radical (unpaired) electrons. The molecule has 0 unspecified atom stereocenters. The number of benzene rings is 2. The monoisotopic (exact) mass is 610 g/mol. The Bertz CT molecular complexity index is 1000. The van der Waals surface area contributed by atoms with E-state index in [-0.39, 0.29) is 23.7 Å². The Balaban J connectivity index is 0.000000323. The molecule has 0 spiro atoms. The number of halogens is 4. The highest BCUT2D eigenvalue weighted by molar-refractivity contribution is 9.10.